The van der Waals surface area contributed by atoms with Gasteiger partial charge in [0.1, 0.15) is 5.56 Å². The number of carbonyl (C=O) groups excluding carboxylic acids is 1. The number of pyridine rings is 1. The zero-order chi connectivity index (χ0) is 27.8. The van der Waals surface area contributed by atoms with Crippen LogP contribution in [0.15, 0.2) is 90.2 Å². The topological polar surface area (TPSA) is 99.1 Å². The van der Waals surface area contributed by atoms with Crippen molar-refractivity contribution in [3.8, 4) is 5.69 Å². The lowest BCUT2D eigenvalue weighted by atomic mass is 10.0. The molecule has 2 aromatic carbocycles. The van der Waals surface area contributed by atoms with E-state index in [2.05, 4.69) is 20.5 Å². The molecule has 4 aromatic heterocycles. The Morgan fingerprint density at radius 2 is 1.88 bits per heavy atom. The Morgan fingerprint density at radius 1 is 1.05 bits per heavy atom. The van der Waals surface area contributed by atoms with Crippen LogP contribution in [0, 0.1) is 6.92 Å². The first kappa shape index (κ1) is 25.0. The molecular weight excluding hydrogens is 502 g/mol. The molecule has 0 saturated carbocycles. The maximum Gasteiger partial charge on any atom is 0.263 e. The molecule has 40 heavy (non-hydrogen) atoms. The summed E-state index contributed by atoms with van der Waals surface area (Å²) in [5.74, 6) is -0.306. The largest absolute Gasteiger partial charge is 0.344 e. The van der Waals surface area contributed by atoms with Gasteiger partial charge in [-0.2, -0.15) is 10.2 Å². The van der Waals surface area contributed by atoms with Crippen molar-refractivity contribution < 1.29 is 4.79 Å². The molecule has 4 heterocycles. The molecule has 0 aliphatic carbocycles. The van der Waals surface area contributed by atoms with E-state index in [-0.39, 0.29) is 11.5 Å². The summed E-state index contributed by atoms with van der Waals surface area (Å²) < 4.78 is 5.00. The molecule has 0 bridgehead atoms. The molecule has 6 aromatic rings. The molecule has 9 nitrogen and oxygen atoms in total. The number of fused-ring (bicyclic) bond motifs is 2. The van der Waals surface area contributed by atoms with Crippen LogP contribution in [-0.2, 0) is 7.05 Å². The number of hydrogen-bond acceptors (Lipinski definition) is 5. The van der Waals surface area contributed by atoms with Crippen molar-refractivity contribution in [1.29, 1.82) is 0 Å². The fourth-order valence-corrected chi connectivity index (χ4v) is 5.03. The highest BCUT2D eigenvalue weighted by molar-refractivity contribution is 6.01. The van der Waals surface area contributed by atoms with Crippen LogP contribution in [0.5, 0.6) is 0 Å². The highest BCUT2D eigenvalue weighted by Gasteiger charge is 2.23. The average Bonchev–Trinajstić information content (AvgIpc) is 3.53. The average molecular weight is 530 g/mol. The number of rotatable bonds is 6. The molecule has 1 atom stereocenters. The lowest BCUT2D eigenvalue weighted by molar-refractivity contribution is 0.0939. The number of carbonyl (C=O) groups is 1. The van der Waals surface area contributed by atoms with Gasteiger partial charge in [-0.05, 0) is 49.1 Å². The lowest BCUT2D eigenvalue weighted by Crippen LogP contribution is -2.32. The molecule has 0 radical (unpaired) electrons. The third-order valence-electron chi connectivity index (χ3n) is 6.89. The molecule has 1 N–H and O–H groups in total. The summed E-state index contributed by atoms with van der Waals surface area (Å²) in [7, 11) is 1.86. The fourth-order valence-electron chi connectivity index (χ4n) is 5.03. The van der Waals surface area contributed by atoms with Gasteiger partial charge in [-0.1, -0.05) is 48.6 Å². The van der Waals surface area contributed by atoms with E-state index in [0.717, 1.165) is 16.5 Å². The van der Waals surface area contributed by atoms with Gasteiger partial charge < -0.3 is 5.32 Å². The van der Waals surface area contributed by atoms with E-state index in [4.69, 9.17) is 0 Å². The highest BCUT2D eigenvalue weighted by Crippen LogP contribution is 2.25. The summed E-state index contributed by atoms with van der Waals surface area (Å²) in [5.41, 5.74) is 4.41. The maximum absolute atomic E-state index is 14.2. The van der Waals surface area contributed by atoms with E-state index in [1.165, 1.54) is 0 Å². The van der Waals surface area contributed by atoms with E-state index in [9.17, 15) is 9.59 Å². The summed E-state index contributed by atoms with van der Waals surface area (Å²) in [6.45, 7) is 3.66. The monoisotopic (exact) mass is 529 g/mol. The van der Waals surface area contributed by atoms with Crippen LogP contribution in [0.2, 0.25) is 0 Å². The van der Waals surface area contributed by atoms with E-state index in [1.54, 1.807) is 45.3 Å². The van der Waals surface area contributed by atoms with Crippen LogP contribution < -0.4 is 10.9 Å². The minimum atomic E-state index is -0.502. The molecule has 0 fully saturated rings. The molecule has 9 heteroatoms. The van der Waals surface area contributed by atoms with Gasteiger partial charge in [0.2, 0.25) is 0 Å². The fraction of sp³-hybridized carbons (Fsp3) is 0.129. The molecule has 0 unspecified atom stereocenters. The Kier molecular flexibility index (Phi) is 6.31. The second kappa shape index (κ2) is 10.1. The van der Waals surface area contributed by atoms with Gasteiger partial charge in [-0.15, -0.1) is 0 Å². The molecule has 6 rings (SSSR count). The Labute approximate surface area is 230 Å². The normalized spacial score (nSPS) is 12.4. The molecule has 0 aliphatic heterocycles. The summed E-state index contributed by atoms with van der Waals surface area (Å²) in [5, 5.41) is 13.1. The summed E-state index contributed by atoms with van der Waals surface area (Å²) in [6.07, 6.45) is 10.9. The molecule has 0 aliphatic rings. The van der Waals surface area contributed by atoms with Crippen molar-refractivity contribution in [1.82, 2.24) is 34.3 Å². The number of aryl methyl sites for hydroxylation is 2. The minimum absolute atomic E-state index is 0.167. The number of hydrogen-bond donors (Lipinski definition) is 1. The maximum atomic E-state index is 14.2. The molecule has 0 spiro atoms. The molecule has 1 amide bonds. The third kappa shape index (κ3) is 4.47. The number of aromatic nitrogens is 6. The summed E-state index contributed by atoms with van der Waals surface area (Å²) in [4.78, 5) is 32.0. The lowest BCUT2D eigenvalue weighted by Gasteiger charge is -2.21. The van der Waals surface area contributed by atoms with Crippen LogP contribution in [-0.4, -0.2) is 34.9 Å². The van der Waals surface area contributed by atoms with Gasteiger partial charge in [-0.25, -0.2) is 9.50 Å². The Bertz CT molecular complexity index is 1970. The summed E-state index contributed by atoms with van der Waals surface area (Å²) in [6, 6.07) is 18.5. The highest BCUT2D eigenvalue weighted by atomic mass is 16.2. The zero-order valence-electron chi connectivity index (χ0n) is 22.3. The smallest absolute Gasteiger partial charge is 0.263 e. The third-order valence-corrected chi connectivity index (χ3v) is 6.89. The van der Waals surface area contributed by atoms with E-state index in [1.807, 2.05) is 86.9 Å². The van der Waals surface area contributed by atoms with E-state index < -0.39 is 6.04 Å². The molecule has 198 valence electrons. The van der Waals surface area contributed by atoms with Crippen molar-refractivity contribution in [2.24, 2.45) is 7.05 Å². The standard InChI is InChI=1S/C31H27N7O2/c1-20(34-30(39)27-21(2)35-37-16-8-15-32-29(27)37)26-17-24-10-7-9-23(14-13-22-18-33-36(3)19-22)28(24)31(40)38(26)25-11-5-4-6-12-25/h4-20H,1-3H3,(H,34,39)/b14-13-/t20-/m0/s1. The second-order valence-electron chi connectivity index (χ2n) is 9.68. The number of nitrogens with zero attached hydrogens (tertiary/aromatic N) is 6. The zero-order valence-corrected chi connectivity index (χ0v) is 22.3. The van der Waals surface area contributed by atoms with Crippen LogP contribution in [0.1, 0.15) is 45.8 Å². The van der Waals surface area contributed by atoms with E-state index >= 15 is 0 Å². The number of nitrogens with one attached hydrogen (secondary N) is 1. The quantitative estimate of drug-likeness (QED) is 0.336. The van der Waals surface area contributed by atoms with Crippen molar-refractivity contribution >= 4 is 34.5 Å². The van der Waals surface area contributed by atoms with Crippen molar-refractivity contribution in [2.75, 3.05) is 0 Å². The predicted molar refractivity (Wildman–Crippen MR) is 155 cm³/mol. The van der Waals surface area contributed by atoms with Gasteiger partial charge in [0, 0.05) is 42.6 Å². The van der Waals surface area contributed by atoms with Gasteiger partial charge in [-0.3, -0.25) is 18.8 Å². The van der Waals surface area contributed by atoms with Gasteiger partial charge >= 0.3 is 0 Å². The Balaban J connectivity index is 1.46. The van der Waals surface area contributed by atoms with Crippen LogP contribution in [0.3, 0.4) is 0 Å². The van der Waals surface area contributed by atoms with Crippen molar-refractivity contribution in [3.63, 3.8) is 0 Å². The SMILES string of the molecule is Cc1nn2cccnc2c1C(=O)N[C@@H](C)c1cc2cccc(/C=C\c3cnn(C)c3)c2c(=O)n1-c1ccccc1. The Morgan fingerprint density at radius 3 is 2.65 bits per heavy atom. The molecular formula is C31H27N7O2. The van der Waals surface area contributed by atoms with Gasteiger partial charge in [0.05, 0.1) is 23.3 Å². The van der Waals surface area contributed by atoms with Crippen molar-refractivity contribution in [3.05, 3.63) is 124 Å². The second-order valence-corrected chi connectivity index (χ2v) is 9.68. The first-order chi connectivity index (χ1) is 19.4. The first-order valence-corrected chi connectivity index (χ1v) is 12.9. The summed E-state index contributed by atoms with van der Waals surface area (Å²) >= 11 is 0. The molecule has 0 saturated heterocycles. The van der Waals surface area contributed by atoms with E-state index in [0.29, 0.717) is 33.7 Å². The number of benzene rings is 2. The van der Waals surface area contributed by atoms with Gasteiger partial charge in [0.25, 0.3) is 11.5 Å². The van der Waals surface area contributed by atoms with Crippen LogP contribution in [0.4, 0.5) is 0 Å². The predicted octanol–water partition coefficient (Wildman–Crippen LogP) is 4.74. The van der Waals surface area contributed by atoms with Crippen LogP contribution in [0.25, 0.3) is 34.3 Å². The number of amides is 1. The minimum Gasteiger partial charge on any atom is -0.344 e. The Hall–Kier alpha value is -5.31. The van der Waals surface area contributed by atoms with Gasteiger partial charge in [0.15, 0.2) is 5.65 Å². The van der Waals surface area contributed by atoms with Crippen LogP contribution >= 0.6 is 0 Å². The van der Waals surface area contributed by atoms with Crippen molar-refractivity contribution in [2.45, 2.75) is 19.9 Å². The first-order valence-electron chi connectivity index (χ1n) is 12.9. The number of para-hydroxylation sites is 1.